The highest BCUT2D eigenvalue weighted by molar-refractivity contribution is 8.00. The fraction of sp³-hybridized carbons (Fsp3) is 0.192. The number of hydrogen-bond donors (Lipinski definition) is 4. The first-order valence-corrected chi connectivity index (χ1v) is 11.4. The van der Waals surface area contributed by atoms with Gasteiger partial charge in [-0.25, -0.2) is 0 Å². The van der Waals surface area contributed by atoms with Gasteiger partial charge in [-0.2, -0.15) is 0 Å². The van der Waals surface area contributed by atoms with Gasteiger partial charge in [0.1, 0.15) is 0 Å². The summed E-state index contributed by atoms with van der Waals surface area (Å²) in [6.07, 6.45) is 6.54. The summed E-state index contributed by atoms with van der Waals surface area (Å²) in [5.41, 5.74) is 6.38. The van der Waals surface area contributed by atoms with E-state index >= 15 is 0 Å². The summed E-state index contributed by atoms with van der Waals surface area (Å²) in [6.45, 7) is 6.12. The van der Waals surface area contributed by atoms with Crippen molar-refractivity contribution in [2.75, 3.05) is 11.8 Å². The monoisotopic (exact) mass is 446 g/mol. The summed E-state index contributed by atoms with van der Waals surface area (Å²) in [7, 11) is 1.86. The van der Waals surface area contributed by atoms with Gasteiger partial charge in [0.15, 0.2) is 5.78 Å². The summed E-state index contributed by atoms with van der Waals surface area (Å²) in [6, 6.07) is 18.1. The number of ketones is 1. The van der Waals surface area contributed by atoms with Crippen LogP contribution in [0.3, 0.4) is 0 Å². The minimum atomic E-state index is -0.0366. The summed E-state index contributed by atoms with van der Waals surface area (Å²) < 4.78 is 3.35. The number of hydrogen-bond acceptors (Lipinski definition) is 4. The maximum absolute atomic E-state index is 13.3. The van der Waals surface area contributed by atoms with Gasteiger partial charge in [-0.1, -0.05) is 31.2 Å². The fourth-order valence-electron chi connectivity index (χ4n) is 3.26. The molecule has 0 spiro atoms. The highest BCUT2D eigenvalue weighted by Gasteiger charge is 2.12. The van der Waals surface area contributed by atoms with E-state index in [0.717, 1.165) is 33.7 Å². The van der Waals surface area contributed by atoms with Crippen LogP contribution >= 0.6 is 11.9 Å². The van der Waals surface area contributed by atoms with Gasteiger partial charge < -0.3 is 20.2 Å². The second kappa shape index (κ2) is 11.3. The minimum absolute atomic E-state index is 0.0366. The number of aromatic nitrogens is 2. The molecule has 1 heterocycles. The Balaban J connectivity index is 1.83. The standard InChI is InChI=1S/C26H30N4OS/c1-5-20-9-11-24(12-10-20)32-30-23-8-6-7-21(14-23)26(31)25-17-29-28-16-22(13-18(25)2)19(3)15-27-4/h6-17,27-30H,5H2,1-4H3/b18-13?,19-15+,22-16?,25-17?. The Bertz CT molecular complexity index is 1140. The average molecular weight is 447 g/mol. The zero-order valence-corrected chi connectivity index (χ0v) is 19.8. The molecule has 0 aliphatic carbocycles. The van der Waals surface area contributed by atoms with E-state index in [-0.39, 0.29) is 5.78 Å². The topological polar surface area (TPSA) is 72.7 Å². The van der Waals surface area contributed by atoms with Crippen LogP contribution in [0.15, 0.2) is 78.1 Å². The van der Waals surface area contributed by atoms with Crippen molar-refractivity contribution in [3.8, 4) is 0 Å². The van der Waals surface area contributed by atoms with Crippen LogP contribution in [0.25, 0.3) is 5.57 Å². The van der Waals surface area contributed by atoms with Crippen LogP contribution < -0.4 is 10.0 Å². The SMILES string of the molecule is CCc1ccc(SNc2cccc(C(=O)c3c[nH][nH]cc(/C(C)=C/NC)cc3C)c2)cc1. The molecule has 0 saturated carbocycles. The number of carbonyl (C=O) groups excluding carboxylic acids is 1. The Hall–Kier alpha value is -3.38. The zero-order valence-electron chi connectivity index (χ0n) is 19.0. The van der Waals surface area contributed by atoms with Crippen molar-refractivity contribution >= 4 is 29.0 Å². The lowest BCUT2D eigenvalue weighted by Gasteiger charge is -2.09. The van der Waals surface area contributed by atoms with Crippen molar-refractivity contribution in [1.29, 1.82) is 0 Å². The van der Waals surface area contributed by atoms with Crippen LogP contribution in [0.5, 0.6) is 0 Å². The van der Waals surface area contributed by atoms with Gasteiger partial charge in [0.25, 0.3) is 0 Å². The molecule has 4 N–H and O–H groups in total. The van der Waals surface area contributed by atoms with Crippen LogP contribution in [0.1, 0.15) is 46.5 Å². The summed E-state index contributed by atoms with van der Waals surface area (Å²) in [5.74, 6) is -0.0366. The predicted octanol–water partition coefficient (Wildman–Crippen LogP) is 6.27. The van der Waals surface area contributed by atoms with Crippen molar-refractivity contribution in [3.05, 3.63) is 101 Å². The maximum atomic E-state index is 13.3. The molecule has 2 aromatic carbocycles. The van der Waals surface area contributed by atoms with E-state index in [1.54, 1.807) is 6.20 Å². The van der Waals surface area contributed by atoms with E-state index in [0.29, 0.717) is 11.1 Å². The first-order valence-electron chi connectivity index (χ1n) is 10.6. The fourth-order valence-corrected chi connectivity index (χ4v) is 3.90. The van der Waals surface area contributed by atoms with Crippen molar-refractivity contribution in [3.63, 3.8) is 0 Å². The van der Waals surface area contributed by atoms with E-state index < -0.39 is 0 Å². The molecule has 5 nitrogen and oxygen atoms in total. The molecular formula is C26H30N4OS. The van der Waals surface area contributed by atoms with Crippen LogP contribution in [0.4, 0.5) is 5.69 Å². The molecule has 6 heteroatoms. The Morgan fingerprint density at radius 2 is 1.78 bits per heavy atom. The van der Waals surface area contributed by atoms with Gasteiger partial charge in [-0.15, -0.1) is 0 Å². The largest absolute Gasteiger partial charge is 0.394 e. The van der Waals surface area contributed by atoms with Gasteiger partial charge in [0.05, 0.1) is 0 Å². The number of rotatable bonds is 8. The lowest BCUT2D eigenvalue weighted by atomic mass is 9.99. The van der Waals surface area contributed by atoms with Crippen LogP contribution in [0.2, 0.25) is 0 Å². The van der Waals surface area contributed by atoms with E-state index in [9.17, 15) is 4.79 Å². The van der Waals surface area contributed by atoms with E-state index in [1.807, 2.05) is 63.6 Å². The highest BCUT2D eigenvalue weighted by atomic mass is 32.2. The number of allylic oxidation sites excluding steroid dienone is 1. The van der Waals surface area contributed by atoms with E-state index in [2.05, 4.69) is 51.4 Å². The molecule has 0 amide bonds. The normalized spacial score (nSPS) is 11.1. The number of H-pyrrole nitrogens is 2. The molecule has 0 unspecified atom stereocenters. The Labute approximate surface area is 194 Å². The molecule has 0 aliphatic rings. The lowest BCUT2D eigenvalue weighted by Crippen LogP contribution is -2.05. The van der Waals surface area contributed by atoms with Crippen LogP contribution in [-0.4, -0.2) is 23.0 Å². The third kappa shape index (κ3) is 6.08. The zero-order chi connectivity index (χ0) is 22.9. The first kappa shape index (κ1) is 23.3. The number of anilines is 1. The summed E-state index contributed by atoms with van der Waals surface area (Å²) >= 11 is 1.53. The molecule has 0 aliphatic heterocycles. The third-order valence-electron chi connectivity index (χ3n) is 5.13. The van der Waals surface area contributed by atoms with E-state index in [1.165, 1.54) is 17.5 Å². The number of carbonyl (C=O) groups is 1. The Kier molecular flexibility index (Phi) is 8.22. The molecule has 0 saturated heterocycles. The van der Waals surface area contributed by atoms with Crippen LogP contribution in [0, 0.1) is 6.92 Å². The predicted molar refractivity (Wildman–Crippen MR) is 135 cm³/mol. The molecule has 1 aromatic heterocycles. The maximum Gasteiger partial charge on any atom is 0.194 e. The first-order chi connectivity index (χ1) is 15.5. The van der Waals surface area contributed by atoms with Crippen molar-refractivity contribution in [1.82, 2.24) is 15.5 Å². The van der Waals surface area contributed by atoms with Gasteiger partial charge in [0.2, 0.25) is 0 Å². The van der Waals surface area contributed by atoms with Crippen molar-refractivity contribution in [2.45, 2.75) is 32.1 Å². The molecule has 0 atom stereocenters. The second-order valence-corrected chi connectivity index (χ2v) is 8.38. The van der Waals surface area contributed by atoms with Crippen LogP contribution in [-0.2, 0) is 6.42 Å². The third-order valence-corrected chi connectivity index (χ3v) is 5.97. The lowest BCUT2D eigenvalue weighted by molar-refractivity contribution is 0.103. The number of nitrogens with one attached hydrogen (secondary N) is 4. The number of aromatic amines is 2. The average Bonchev–Trinajstić information content (AvgIpc) is 2.80. The molecule has 0 bridgehead atoms. The van der Waals surface area contributed by atoms with Gasteiger partial charge >= 0.3 is 0 Å². The molecule has 0 fully saturated rings. The molecular weight excluding hydrogens is 416 g/mol. The minimum Gasteiger partial charge on any atom is -0.394 e. The van der Waals surface area contributed by atoms with Crippen molar-refractivity contribution in [2.24, 2.45) is 0 Å². The van der Waals surface area contributed by atoms with Crippen molar-refractivity contribution < 1.29 is 4.79 Å². The van der Waals surface area contributed by atoms with Gasteiger partial charge in [-0.3, -0.25) is 4.79 Å². The quantitative estimate of drug-likeness (QED) is 0.243. The van der Waals surface area contributed by atoms with Gasteiger partial charge in [0, 0.05) is 41.2 Å². The number of aryl methyl sites for hydroxylation is 2. The van der Waals surface area contributed by atoms with Gasteiger partial charge in [-0.05, 0) is 91.0 Å². The molecule has 0 radical (unpaired) electrons. The molecule has 3 aromatic rings. The molecule has 3 rings (SSSR count). The Morgan fingerprint density at radius 3 is 2.50 bits per heavy atom. The summed E-state index contributed by atoms with van der Waals surface area (Å²) in [4.78, 5) is 14.4. The highest BCUT2D eigenvalue weighted by Crippen LogP contribution is 2.24. The Morgan fingerprint density at radius 1 is 1.03 bits per heavy atom. The molecule has 166 valence electrons. The van der Waals surface area contributed by atoms with E-state index in [4.69, 9.17) is 0 Å². The smallest absolute Gasteiger partial charge is 0.194 e. The summed E-state index contributed by atoms with van der Waals surface area (Å²) in [5, 5.41) is 9.06. The number of benzene rings is 2. The molecule has 32 heavy (non-hydrogen) atoms. The second-order valence-electron chi connectivity index (χ2n) is 7.50.